The van der Waals surface area contributed by atoms with Crippen LogP contribution in [0.5, 0.6) is 0 Å². The van der Waals surface area contributed by atoms with E-state index in [1.54, 1.807) is 32.2 Å². The summed E-state index contributed by atoms with van der Waals surface area (Å²) in [6, 6.07) is 8.23. The summed E-state index contributed by atoms with van der Waals surface area (Å²) in [5.41, 5.74) is 2.31. The van der Waals surface area contributed by atoms with Gasteiger partial charge in [-0.25, -0.2) is 8.78 Å². The number of benzene rings is 2. The zero-order valence-electron chi connectivity index (χ0n) is 11.6. The maximum Gasteiger partial charge on any atom is 0.164 e. The van der Waals surface area contributed by atoms with Gasteiger partial charge >= 0.3 is 0 Å². The average molecular weight is 296 g/mol. The molecule has 20 heavy (non-hydrogen) atoms. The lowest BCUT2D eigenvalue weighted by Crippen LogP contribution is -2.19. The van der Waals surface area contributed by atoms with Gasteiger partial charge in [-0.05, 0) is 43.7 Å². The fourth-order valence-electron chi connectivity index (χ4n) is 2.17. The van der Waals surface area contributed by atoms with Gasteiger partial charge in [-0.3, -0.25) is 0 Å². The summed E-state index contributed by atoms with van der Waals surface area (Å²) in [5.74, 6) is -1.62. The van der Waals surface area contributed by atoms with Crippen LogP contribution in [0.1, 0.15) is 28.3 Å². The predicted octanol–water partition coefficient (Wildman–Crippen LogP) is 4.54. The highest BCUT2D eigenvalue weighted by molar-refractivity contribution is 6.31. The third kappa shape index (κ3) is 2.69. The maximum absolute atomic E-state index is 14.1. The molecule has 106 valence electrons. The highest BCUT2D eigenvalue weighted by Gasteiger charge is 2.20. The van der Waals surface area contributed by atoms with Crippen molar-refractivity contribution in [3.63, 3.8) is 0 Å². The van der Waals surface area contributed by atoms with Crippen molar-refractivity contribution in [3.8, 4) is 0 Å². The topological polar surface area (TPSA) is 12.0 Å². The van der Waals surface area contributed by atoms with Crippen LogP contribution in [0, 0.1) is 25.5 Å². The molecule has 0 saturated carbocycles. The molecule has 0 heterocycles. The van der Waals surface area contributed by atoms with E-state index in [-0.39, 0.29) is 5.56 Å². The van der Waals surface area contributed by atoms with E-state index in [1.807, 2.05) is 19.1 Å². The summed E-state index contributed by atoms with van der Waals surface area (Å²) < 4.78 is 27.8. The maximum atomic E-state index is 14.1. The summed E-state index contributed by atoms with van der Waals surface area (Å²) in [6.45, 7) is 3.44. The molecule has 0 amide bonds. The standard InChI is InChI=1S/C16H16ClF2N/c1-9-4-6-11(8-13(9)17)16(20-3)12-7-5-10(2)14(18)15(12)19/h4-8,16,20H,1-3H3. The zero-order valence-corrected chi connectivity index (χ0v) is 12.4. The Balaban J connectivity index is 2.52. The molecule has 2 aromatic carbocycles. The SMILES string of the molecule is CNC(c1ccc(C)c(Cl)c1)c1ccc(C)c(F)c1F. The van der Waals surface area contributed by atoms with Gasteiger partial charge in [-0.15, -0.1) is 0 Å². The van der Waals surface area contributed by atoms with Crippen LogP contribution in [0.2, 0.25) is 5.02 Å². The molecule has 1 N–H and O–H groups in total. The van der Waals surface area contributed by atoms with Gasteiger partial charge in [0, 0.05) is 10.6 Å². The van der Waals surface area contributed by atoms with Crippen LogP contribution in [0.15, 0.2) is 30.3 Å². The van der Waals surface area contributed by atoms with Crippen molar-refractivity contribution in [2.45, 2.75) is 19.9 Å². The summed E-state index contributed by atoms with van der Waals surface area (Å²) in [6.07, 6.45) is 0. The van der Waals surface area contributed by atoms with Gasteiger partial charge in [0.25, 0.3) is 0 Å². The molecular weight excluding hydrogens is 280 g/mol. The second-order valence-electron chi connectivity index (χ2n) is 4.83. The molecule has 0 saturated heterocycles. The number of rotatable bonds is 3. The first-order valence-electron chi connectivity index (χ1n) is 6.33. The molecule has 0 fully saturated rings. The van der Waals surface area contributed by atoms with Crippen LogP contribution < -0.4 is 5.32 Å². The quantitative estimate of drug-likeness (QED) is 0.876. The van der Waals surface area contributed by atoms with Crippen LogP contribution in [0.25, 0.3) is 0 Å². The van der Waals surface area contributed by atoms with Gasteiger partial charge in [0.1, 0.15) is 0 Å². The monoisotopic (exact) mass is 295 g/mol. The summed E-state index contributed by atoms with van der Waals surface area (Å²) in [4.78, 5) is 0. The van der Waals surface area contributed by atoms with Crippen LogP contribution in [0.3, 0.4) is 0 Å². The normalized spacial score (nSPS) is 12.5. The molecule has 0 radical (unpaired) electrons. The smallest absolute Gasteiger partial charge is 0.164 e. The Morgan fingerprint density at radius 3 is 2.25 bits per heavy atom. The highest BCUT2D eigenvalue weighted by Crippen LogP contribution is 2.29. The first-order chi connectivity index (χ1) is 9.45. The van der Waals surface area contributed by atoms with E-state index in [0.29, 0.717) is 10.6 Å². The van der Waals surface area contributed by atoms with Crippen LogP contribution in [-0.4, -0.2) is 7.05 Å². The Morgan fingerprint density at radius 2 is 1.65 bits per heavy atom. The van der Waals surface area contributed by atoms with E-state index in [2.05, 4.69) is 5.32 Å². The fourth-order valence-corrected chi connectivity index (χ4v) is 2.36. The Labute approximate surface area is 122 Å². The van der Waals surface area contributed by atoms with Crippen molar-refractivity contribution >= 4 is 11.6 Å². The highest BCUT2D eigenvalue weighted by atomic mass is 35.5. The lowest BCUT2D eigenvalue weighted by Gasteiger charge is -2.19. The van der Waals surface area contributed by atoms with E-state index in [4.69, 9.17) is 11.6 Å². The largest absolute Gasteiger partial charge is 0.309 e. The van der Waals surface area contributed by atoms with E-state index < -0.39 is 17.7 Å². The molecule has 0 bridgehead atoms. The summed E-state index contributed by atoms with van der Waals surface area (Å²) in [5, 5.41) is 3.61. The van der Waals surface area contributed by atoms with Gasteiger partial charge in [0.15, 0.2) is 11.6 Å². The van der Waals surface area contributed by atoms with E-state index in [9.17, 15) is 8.78 Å². The lowest BCUT2D eigenvalue weighted by atomic mass is 9.96. The number of nitrogens with one attached hydrogen (secondary N) is 1. The third-order valence-corrected chi connectivity index (χ3v) is 3.84. The Bertz CT molecular complexity index is 641. The minimum atomic E-state index is -0.818. The number of aryl methyl sites for hydroxylation is 2. The Kier molecular flexibility index (Phi) is 4.41. The first-order valence-corrected chi connectivity index (χ1v) is 6.71. The molecule has 2 rings (SSSR count). The number of hydrogen-bond acceptors (Lipinski definition) is 1. The number of halogens is 3. The summed E-state index contributed by atoms with van der Waals surface area (Å²) in [7, 11) is 1.70. The van der Waals surface area contributed by atoms with Gasteiger partial charge in [0.2, 0.25) is 0 Å². The number of hydrogen-bond donors (Lipinski definition) is 1. The average Bonchev–Trinajstić information content (AvgIpc) is 2.43. The summed E-state index contributed by atoms with van der Waals surface area (Å²) >= 11 is 6.10. The lowest BCUT2D eigenvalue weighted by molar-refractivity contribution is 0.482. The molecule has 1 nitrogen and oxygen atoms in total. The first kappa shape index (κ1) is 14.9. The Hall–Kier alpha value is -1.45. The van der Waals surface area contributed by atoms with Crippen molar-refractivity contribution in [2.24, 2.45) is 0 Å². The van der Waals surface area contributed by atoms with Crippen molar-refractivity contribution in [1.29, 1.82) is 0 Å². The van der Waals surface area contributed by atoms with Gasteiger partial charge in [-0.1, -0.05) is 35.9 Å². The minimum Gasteiger partial charge on any atom is -0.309 e. The second-order valence-corrected chi connectivity index (χ2v) is 5.24. The molecule has 0 aliphatic rings. The van der Waals surface area contributed by atoms with Crippen molar-refractivity contribution in [3.05, 3.63) is 69.2 Å². The van der Waals surface area contributed by atoms with Crippen LogP contribution in [-0.2, 0) is 0 Å². The predicted molar refractivity (Wildman–Crippen MR) is 78.2 cm³/mol. The molecule has 0 aliphatic heterocycles. The van der Waals surface area contributed by atoms with Gasteiger partial charge < -0.3 is 5.32 Å². The molecule has 4 heteroatoms. The van der Waals surface area contributed by atoms with Gasteiger partial charge in [-0.2, -0.15) is 0 Å². The molecular formula is C16H16ClF2N. The van der Waals surface area contributed by atoms with E-state index in [0.717, 1.165) is 11.1 Å². The van der Waals surface area contributed by atoms with Crippen LogP contribution in [0.4, 0.5) is 8.78 Å². The van der Waals surface area contributed by atoms with Crippen molar-refractivity contribution < 1.29 is 8.78 Å². The van der Waals surface area contributed by atoms with E-state index >= 15 is 0 Å². The molecule has 1 atom stereocenters. The van der Waals surface area contributed by atoms with Gasteiger partial charge in [0.05, 0.1) is 6.04 Å². The molecule has 0 aliphatic carbocycles. The minimum absolute atomic E-state index is 0.274. The fraction of sp³-hybridized carbons (Fsp3) is 0.250. The molecule has 0 spiro atoms. The van der Waals surface area contributed by atoms with Crippen molar-refractivity contribution in [2.75, 3.05) is 7.05 Å². The third-order valence-electron chi connectivity index (χ3n) is 3.43. The van der Waals surface area contributed by atoms with E-state index in [1.165, 1.54) is 0 Å². The Morgan fingerprint density at radius 1 is 1.00 bits per heavy atom. The molecule has 1 unspecified atom stereocenters. The van der Waals surface area contributed by atoms with Crippen LogP contribution >= 0.6 is 11.6 Å². The van der Waals surface area contributed by atoms with Crippen molar-refractivity contribution in [1.82, 2.24) is 5.32 Å². The molecule has 2 aromatic rings. The second kappa shape index (κ2) is 5.90. The zero-order chi connectivity index (χ0) is 14.9. The molecule has 0 aromatic heterocycles.